The fourth-order valence-electron chi connectivity index (χ4n) is 4.15. The number of methoxy groups -OCH3 is 2. The Morgan fingerprint density at radius 3 is 2.23 bits per heavy atom. The number of ketones is 2. The van der Waals surface area contributed by atoms with Crippen molar-refractivity contribution in [3.63, 3.8) is 0 Å². The van der Waals surface area contributed by atoms with Gasteiger partial charge in [-0.25, -0.2) is 10.6 Å². The molecule has 0 bridgehead atoms. The number of ether oxygens (including phenoxy) is 3. The first kappa shape index (κ1) is 40.2. The van der Waals surface area contributed by atoms with E-state index in [1.165, 1.54) is 40.2 Å². The summed E-state index contributed by atoms with van der Waals surface area (Å²) < 4.78 is 16.0. The monoisotopic (exact) mass is 618 g/mol. The summed E-state index contributed by atoms with van der Waals surface area (Å²) in [7, 11) is 2.92. The van der Waals surface area contributed by atoms with Gasteiger partial charge in [-0.05, 0) is 39.7 Å². The molecule has 0 aromatic heterocycles. The smallest absolute Gasteiger partial charge is 0.405 e. The Morgan fingerprint density at radius 1 is 1.09 bits per heavy atom. The van der Waals surface area contributed by atoms with Crippen molar-refractivity contribution in [2.45, 2.75) is 78.8 Å². The van der Waals surface area contributed by atoms with E-state index in [1.54, 1.807) is 39.0 Å². The standard InChI is InChI=1S/C32H50N4O8/c1-10-13-25(23(6)37)28(35-17-11-2)26(38)16-18-36(34)31(40)20(3)14-12-15-27(43-9)30(44-32(33)41)22(5)19-21(4)29(39)24(7)42-8/h11-12,14-16,18-19,21,24,27,29-30,35,39H,2,10,13,17,34H2,1,3-9H3,(H2,33,41)/b15-12-,18-16+,20-14+,22-19+,28-25+. The Morgan fingerprint density at radius 2 is 1.73 bits per heavy atom. The van der Waals surface area contributed by atoms with Crippen LogP contribution in [0.15, 0.2) is 71.7 Å². The van der Waals surface area contributed by atoms with Gasteiger partial charge in [0, 0.05) is 50.1 Å². The second kappa shape index (κ2) is 21.0. The molecular formula is C32H50N4O8. The molecule has 12 nitrogen and oxygen atoms in total. The van der Waals surface area contributed by atoms with Crippen molar-refractivity contribution in [3.05, 3.63) is 71.7 Å². The van der Waals surface area contributed by atoms with Crippen LogP contribution in [0.25, 0.3) is 0 Å². The number of aliphatic hydroxyl groups is 1. The Bertz CT molecular complexity index is 1150. The largest absolute Gasteiger partial charge is 0.439 e. The second-order valence-electron chi connectivity index (χ2n) is 10.2. The number of carbonyl (C=O) groups is 4. The van der Waals surface area contributed by atoms with Gasteiger partial charge in [0.1, 0.15) is 6.10 Å². The molecule has 0 heterocycles. The van der Waals surface area contributed by atoms with Crippen LogP contribution in [0.4, 0.5) is 4.79 Å². The average molecular weight is 619 g/mol. The van der Waals surface area contributed by atoms with E-state index in [9.17, 15) is 24.3 Å². The SMILES string of the molecule is C=CCN/C(C(=O)/C=C/N(N)C(=O)/C(C)=C/C=C\C(OC)C(OC(N)=O)/C(C)=C/C(C)C(O)C(C)OC)=C(\CCC)C(C)=O. The van der Waals surface area contributed by atoms with Gasteiger partial charge < -0.3 is 30.4 Å². The topological polar surface area (TPSA) is 184 Å². The second-order valence-corrected chi connectivity index (χ2v) is 10.2. The molecule has 0 aromatic carbocycles. The van der Waals surface area contributed by atoms with Crippen molar-refractivity contribution in [2.75, 3.05) is 20.8 Å². The number of allylic oxidation sites excluding steroid dienone is 4. The normalized spacial score (nSPS) is 16.5. The van der Waals surface area contributed by atoms with Crippen molar-refractivity contribution < 1.29 is 38.5 Å². The minimum atomic E-state index is -1.01. The molecule has 0 spiro atoms. The maximum Gasteiger partial charge on any atom is 0.405 e. The Kier molecular flexibility index (Phi) is 19.1. The first-order valence-electron chi connectivity index (χ1n) is 14.3. The van der Waals surface area contributed by atoms with Crippen molar-refractivity contribution in [1.29, 1.82) is 0 Å². The number of nitrogens with one attached hydrogen (secondary N) is 1. The van der Waals surface area contributed by atoms with Crippen LogP contribution >= 0.6 is 0 Å². The molecule has 0 aromatic rings. The number of hydrazine groups is 1. The fourth-order valence-corrected chi connectivity index (χ4v) is 4.15. The molecule has 5 atom stereocenters. The van der Waals surface area contributed by atoms with E-state index in [2.05, 4.69) is 11.9 Å². The maximum atomic E-state index is 12.9. The van der Waals surface area contributed by atoms with E-state index in [0.29, 0.717) is 24.0 Å². The minimum absolute atomic E-state index is 0.131. The van der Waals surface area contributed by atoms with E-state index in [-0.39, 0.29) is 29.5 Å². The number of rotatable bonds is 20. The third-order valence-electron chi connectivity index (χ3n) is 6.68. The van der Waals surface area contributed by atoms with Gasteiger partial charge in [0.2, 0.25) is 5.78 Å². The number of nitrogens with zero attached hydrogens (tertiary/aromatic N) is 1. The van der Waals surface area contributed by atoms with E-state index < -0.39 is 42.2 Å². The van der Waals surface area contributed by atoms with Crippen LogP contribution in [0.2, 0.25) is 0 Å². The number of hydrogen-bond acceptors (Lipinski definition) is 10. The zero-order chi connectivity index (χ0) is 34.0. The third kappa shape index (κ3) is 13.6. The molecule has 246 valence electrons. The fraction of sp³-hybridized carbons (Fsp3) is 0.500. The van der Waals surface area contributed by atoms with Crippen LogP contribution in [0, 0.1) is 5.92 Å². The molecular weight excluding hydrogens is 568 g/mol. The van der Waals surface area contributed by atoms with Crippen LogP contribution in [-0.4, -0.2) is 78.9 Å². The van der Waals surface area contributed by atoms with E-state index in [1.807, 2.05) is 6.92 Å². The lowest BCUT2D eigenvalue weighted by molar-refractivity contribution is -0.124. The van der Waals surface area contributed by atoms with Gasteiger partial charge in [-0.1, -0.05) is 50.6 Å². The highest BCUT2D eigenvalue weighted by Crippen LogP contribution is 2.20. The number of carbonyl (C=O) groups excluding carboxylic acids is 4. The molecule has 0 saturated carbocycles. The summed E-state index contributed by atoms with van der Waals surface area (Å²) >= 11 is 0. The summed E-state index contributed by atoms with van der Waals surface area (Å²) in [5.74, 6) is 4.20. The lowest BCUT2D eigenvalue weighted by Gasteiger charge is -2.26. The van der Waals surface area contributed by atoms with Gasteiger partial charge in [0.25, 0.3) is 5.91 Å². The summed E-state index contributed by atoms with van der Waals surface area (Å²) in [6.45, 7) is 14.0. The predicted octanol–water partition coefficient (Wildman–Crippen LogP) is 3.15. The summed E-state index contributed by atoms with van der Waals surface area (Å²) in [4.78, 5) is 49.5. The number of hydrogen-bond donors (Lipinski definition) is 4. The van der Waals surface area contributed by atoms with Crippen molar-refractivity contribution in [3.8, 4) is 0 Å². The number of Topliss-reactive ketones (excluding diaryl/α,β-unsaturated/α-hetero) is 1. The van der Waals surface area contributed by atoms with Crippen LogP contribution in [0.1, 0.15) is 54.4 Å². The van der Waals surface area contributed by atoms with Crippen LogP contribution in [0.3, 0.4) is 0 Å². The molecule has 0 fully saturated rings. The van der Waals surface area contributed by atoms with Crippen LogP contribution in [-0.2, 0) is 28.6 Å². The van der Waals surface area contributed by atoms with E-state index in [0.717, 1.165) is 17.3 Å². The maximum absolute atomic E-state index is 12.9. The molecule has 44 heavy (non-hydrogen) atoms. The molecule has 0 aliphatic carbocycles. The van der Waals surface area contributed by atoms with Gasteiger partial charge in [-0.3, -0.25) is 19.4 Å². The summed E-state index contributed by atoms with van der Waals surface area (Å²) in [5.41, 5.74) is 6.59. The molecule has 12 heteroatoms. The molecule has 0 aliphatic rings. The highest BCUT2D eigenvalue weighted by Gasteiger charge is 2.27. The molecule has 0 aliphatic heterocycles. The van der Waals surface area contributed by atoms with Crippen molar-refractivity contribution in [1.82, 2.24) is 10.3 Å². The molecule has 5 unspecified atom stereocenters. The summed E-state index contributed by atoms with van der Waals surface area (Å²) in [6, 6.07) is 0. The van der Waals surface area contributed by atoms with Gasteiger partial charge in [-0.2, -0.15) is 0 Å². The van der Waals surface area contributed by atoms with Gasteiger partial charge in [0.05, 0.1) is 17.9 Å². The predicted molar refractivity (Wildman–Crippen MR) is 170 cm³/mol. The molecule has 2 amide bonds. The Hall–Kier alpha value is -3.84. The zero-order valence-electron chi connectivity index (χ0n) is 27.2. The third-order valence-corrected chi connectivity index (χ3v) is 6.68. The van der Waals surface area contributed by atoms with E-state index in [4.69, 9.17) is 25.8 Å². The number of amides is 2. The van der Waals surface area contributed by atoms with Crippen molar-refractivity contribution >= 4 is 23.6 Å². The Balaban J connectivity index is 5.93. The van der Waals surface area contributed by atoms with Crippen LogP contribution < -0.4 is 16.9 Å². The molecule has 0 radical (unpaired) electrons. The lowest BCUT2D eigenvalue weighted by Crippen LogP contribution is -2.36. The number of primary amides is 1. The first-order valence-corrected chi connectivity index (χ1v) is 14.3. The molecule has 0 saturated heterocycles. The van der Waals surface area contributed by atoms with Crippen LogP contribution in [0.5, 0.6) is 0 Å². The van der Waals surface area contributed by atoms with E-state index >= 15 is 0 Å². The number of nitrogens with two attached hydrogens (primary N) is 2. The van der Waals surface area contributed by atoms with Crippen molar-refractivity contribution in [2.24, 2.45) is 17.5 Å². The minimum Gasteiger partial charge on any atom is -0.439 e. The quantitative estimate of drug-likeness (QED) is 0.0395. The van der Waals surface area contributed by atoms with Gasteiger partial charge in [0.15, 0.2) is 11.9 Å². The summed E-state index contributed by atoms with van der Waals surface area (Å²) in [5, 5.41) is 14.1. The van der Waals surface area contributed by atoms with Gasteiger partial charge >= 0.3 is 6.09 Å². The zero-order valence-corrected chi connectivity index (χ0v) is 27.2. The first-order chi connectivity index (χ1) is 20.7. The lowest BCUT2D eigenvalue weighted by atomic mass is 9.94. The highest BCUT2D eigenvalue weighted by molar-refractivity contribution is 6.10. The highest BCUT2D eigenvalue weighted by atomic mass is 16.6. The molecule has 0 rings (SSSR count). The van der Waals surface area contributed by atoms with Gasteiger partial charge in [-0.15, -0.1) is 6.58 Å². The Labute approximate surface area is 261 Å². The average Bonchev–Trinajstić information content (AvgIpc) is 2.98. The molecule has 6 N–H and O–H groups in total. The number of aliphatic hydroxyl groups excluding tert-OH is 1. The summed E-state index contributed by atoms with van der Waals surface area (Å²) in [6.07, 6.45) is 7.22.